The van der Waals surface area contributed by atoms with Gasteiger partial charge in [-0.3, -0.25) is 9.69 Å². The molecule has 2 heterocycles. The van der Waals surface area contributed by atoms with E-state index < -0.39 is 0 Å². The minimum absolute atomic E-state index is 0.0993. The van der Waals surface area contributed by atoms with Gasteiger partial charge in [0.15, 0.2) is 5.82 Å². The molecule has 1 N–H and O–H groups in total. The predicted molar refractivity (Wildman–Crippen MR) is 146 cm³/mol. The Morgan fingerprint density at radius 3 is 2.37 bits per heavy atom. The van der Waals surface area contributed by atoms with E-state index in [0.29, 0.717) is 31.0 Å². The zero-order valence-electron chi connectivity index (χ0n) is 21.9. The van der Waals surface area contributed by atoms with Crippen molar-refractivity contribution in [3.05, 3.63) is 123 Å². The van der Waals surface area contributed by atoms with Crippen LogP contribution >= 0.6 is 0 Å². The zero-order valence-corrected chi connectivity index (χ0v) is 21.9. The van der Waals surface area contributed by atoms with Gasteiger partial charge >= 0.3 is 0 Å². The summed E-state index contributed by atoms with van der Waals surface area (Å²) < 4.78 is 15.2. The van der Waals surface area contributed by atoms with Crippen molar-refractivity contribution in [2.45, 2.75) is 52.9 Å². The third kappa shape index (κ3) is 5.70. The van der Waals surface area contributed by atoms with Crippen molar-refractivity contribution in [1.29, 1.82) is 0 Å². The summed E-state index contributed by atoms with van der Waals surface area (Å²) in [7, 11) is 0. The normalized spacial score (nSPS) is 12.3. The van der Waals surface area contributed by atoms with E-state index in [2.05, 4.69) is 63.5 Å². The number of benzene rings is 3. The first-order chi connectivity index (χ1) is 18.4. The second kappa shape index (κ2) is 11.1. The maximum atomic E-state index is 13.4. The number of nitrogens with one attached hydrogen (secondary N) is 1. The van der Waals surface area contributed by atoms with Crippen molar-refractivity contribution in [3.8, 4) is 0 Å². The Morgan fingerprint density at radius 1 is 0.921 bits per heavy atom. The number of tetrazole rings is 1. The molecule has 0 aliphatic heterocycles. The molecule has 38 heavy (non-hydrogen) atoms. The van der Waals surface area contributed by atoms with Gasteiger partial charge in [-0.15, -0.1) is 5.10 Å². The fourth-order valence-electron chi connectivity index (χ4n) is 4.83. The maximum absolute atomic E-state index is 13.4. The predicted octanol–water partition coefficient (Wildman–Crippen LogP) is 5.47. The van der Waals surface area contributed by atoms with Crippen LogP contribution in [-0.2, 0) is 19.6 Å². The van der Waals surface area contributed by atoms with E-state index in [4.69, 9.17) is 0 Å². The number of pyridine rings is 1. The van der Waals surface area contributed by atoms with Gasteiger partial charge in [-0.2, -0.15) is 0 Å². The zero-order chi connectivity index (χ0) is 26.6. The summed E-state index contributed by atoms with van der Waals surface area (Å²) in [5, 5.41) is 13.6. The molecule has 0 saturated heterocycles. The monoisotopic (exact) mass is 510 g/mol. The first kappa shape index (κ1) is 25.5. The lowest BCUT2D eigenvalue weighted by Crippen LogP contribution is -2.32. The summed E-state index contributed by atoms with van der Waals surface area (Å²) in [5.74, 6) is 0.425. The van der Waals surface area contributed by atoms with Crippen molar-refractivity contribution in [2.24, 2.45) is 0 Å². The largest absolute Gasteiger partial charge is 0.322 e. The number of aryl methyl sites for hydroxylation is 2. The number of fused-ring (bicyclic) bond motifs is 1. The van der Waals surface area contributed by atoms with E-state index in [9.17, 15) is 9.18 Å². The number of hydrogen-bond acceptors (Lipinski definition) is 5. The highest BCUT2D eigenvalue weighted by molar-refractivity contribution is 5.79. The molecule has 0 aliphatic rings. The van der Waals surface area contributed by atoms with Crippen LogP contribution in [0.3, 0.4) is 0 Å². The fraction of sp³-hybridized carbons (Fsp3) is 0.267. The van der Waals surface area contributed by atoms with Crippen LogP contribution in [0.5, 0.6) is 0 Å². The molecule has 5 aromatic rings. The standard InChI is InChI=1S/C30H31FN6O/c1-4-28(29-33-34-35-37(29)18-23-10-13-26(31)14-11-23)36(17-22-8-5-20(2)6-9-22)19-25-16-24-12-7-21(3)15-27(24)32-30(25)38/h5-16,28H,4,17-19H2,1-3H3,(H,32,38)/t28-/m0/s1. The third-order valence-electron chi connectivity index (χ3n) is 6.89. The molecule has 0 aliphatic carbocycles. The van der Waals surface area contributed by atoms with Crippen molar-refractivity contribution >= 4 is 10.9 Å². The molecular weight excluding hydrogens is 479 g/mol. The number of hydrogen-bond donors (Lipinski definition) is 1. The first-order valence-corrected chi connectivity index (χ1v) is 12.8. The van der Waals surface area contributed by atoms with Crippen LogP contribution in [0.25, 0.3) is 10.9 Å². The van der Waals surface area contributed by atoms with Crippen molar-refractivity contribution in [2.75, 3.05) is 0 Å². The van der Waals surface area contributed by atoms with E-state index in [-0.39, 0.29) is 17.4 Å². The Balaban J connectivity index is 1.51. The van der Waals surface area contributed by atoms with E-state index >= 15 is 0 Å². The molecule has 0 bridgehead atoms. The van der Waals surface area contributed by atoms with E-state index in [0.717, 1.165) is 34.0 Å². The highest BCUT2D eigenvalue weighted by Crippen LogP contribution is 2.27. The van der Waals surface area contributed by atoms with Crippen LogP contribution in [-0.4, -0.2) is 30.1 Å². The van der Waals surface area contributed by atoms with E-state index in [1.165, 1.54) is 17.7 Å². The van der Waals surface area contributed by atoms with Gasteiger partial charge in [-0.1, -0.05) is 61.0 Å². The molecule has 8 heteroatoms. The average Bonchev–Trinajstić information content (AvgIpc) is 3.35. The summed E-state index contributed by atoms with van der Waals surface area (Å²) in [4.78, 5) is 18.5. The van der Waals surface area contributed by atoms with Crippen LogP contribution in [0.2, 0.25) is 0 Å². The second-order valence-corrected chi connectivity index (χ2v) is 9.85. The Kier molecular flexibility index (Phi) is 7.42. The van der Waals surface area contributed by atoms with Crippen LogP contribution in [0, 0.1) is 19.7 Å². The summed E-state index contributed by atoms with van der Waals surface area (Å²) in [5.41, 5.74) is 5.75. The molecule has 1 atom stereocenters. The summed E-state index contributed by atoms with van der Waals surface area (Å²) in [6, 6.07) is 22.7. The van der Waals surface area contributed by atoms with Crippen molar-refractivity contribution in [3.63, 3.8) is 0 Å². The number of nitrogens with zero attached hydrogens (tertiary/aromatic N) is 5. The van der Waals surface area contributed by atoms with Gasteiger partial charge in [0.25, 0.3) is 5.56 Å². The van der Waals surface area contributed by atoms with E-state index in [1.54, 1.807) is 16.8 Å². The van der Waals surface area contributed by atoms with Crippen LogP contribution in [0.15, 0.2) is 77.6 Å². The molecule has 2 aromatic heterocycles. The molecule has 0 unspecified atom stereocenters. The summed E-state index contributed by atoms with van der Waals surface area (Å²) in [6.45, 7) is 7.64. The molecular formula is C30H31FN6O. The van der Waals surface area contributed by atoms with Crippen molar-refractivity contribution in [1.82, 2.24) is 30.1 Å². The smallest absolute Gasteiger partial charge is 0.252 e. The van der Waals surface area contributed by atoms with Crippen LogP contribution < -0.4 is 5.56 Å². The molecule has 7 nitrogen and oxygen atoms in total. The number of aromatic nitrogens is 5. The highest BCUT2D eigenvalue weighted by atomic mass is 19.1. The van der Waals surface area contributed by atoms with Gasteiger partial charge in [0, 0.05) is 24.2 Å². The first-order valence-electron chi connectivity index (χ1n) is 12.8. The molecule has 5 rings (SSSR count). The van der Waals surface area contributed by atoms with Gasteiger partial charge in [-0.25, -0.2) is 9.07 Å². The number of halogens is 1. The quantitative estimate of drug-likeness (QED) is 0.284. The lowest BCUT2D eigenvalue weighted by atomic mass is 10.1. The molecule has 0 radical (unpaired) electrons. The lowest BCUT2D eigenvalue weighted by Gasteiger charge is -2.30. The Bertz CT molecular complexity index is 1590. The van der Waals surface area contributed by atoms with Gasteiger partial charge in [0.05, 0.1) is 12.6 Å². The fourth-order valence-corrected chi connectivity index (χ4v) is 4.83. The number of H-pyrrole nitrogens is 1. The average molecular weight is 511 g/mol. The summed E-state index contributed by atoms with van der Waals surface area (Å²) in [6.07, 6.45) is 0.736. The van der Waals surface area contributed by atoms with Gasteiger partial charge in [-0.05, 0) is 77.0 Å². The molecule has 0 fully saturated rings. The Hall–Kier alpha value is -4.17. The third-order valence-corrected chi connectivity index (χ3v) is 6.89. The number of aromatic amines is 1. The van der Waals surface area contributed by atoms with E-state index in [1.807, 2.05) is 31.2 Å². The molecule has 0 spiro atoms. The highest BCUT2D eigenvalue weighted by Gasteiger charge is 2.26. The molecule has 3 aromatic carbocycles. The topological polar surface area (TPSA) is 79.7 Å². The molecule has 0 saturated carbocycles. The molecule has 0 amide bonds. The van der Waals surface area contributed by atoms with Crippen molar-refractivity contribution < 1.29 is 4.39 Å². The molecule has 194 valence electrons. The Labute approximate surface area is 220 Å². The van der Waals surface area contributed by atoms with Crippen LogP contribution in [0.4, 0.5) is 4.39 Å². The minimum Gasteiger partial charge on any atom is -0.322 e. The Morgan fingerprint density at radius 2 is 1.63 bits per heavy atom. The number of rotatable bonds is 9. The van der Waals surface area contributed by atoms with Gasteiger partial charge in [0.2, 0.25) is 0 Å². The SMILES string of the molecule is CC[C@@H](c1nnnn1Cc1ccc(F)cc1)N(Cc1ccc(C)cc1)Cc1cc2ccc(C)cc2[nH]c1=O. The second-order valence-electron chi connectivity index (χ2n) is 9.85. The minimum atomic E-state index is -0.280. The van der Waals surface area contributed by atoms with Gasteiger partial charge < -0.3 is 4.98 Å². The lowest BCUT2D eigenvalue weighted by molar-refractivity contribution is 0.161. The maximum Gasteiger partial charge on any atom is 0.252 e. The van der Waals surface area contributed by atoms with Crippen LogP contribution in [0.1, 0.15) is 53.0 Å². The van der Waals surface area contributed by atoms with Gasteiger partial charge in [0.1, 0.15) is 5.82 Å². The summed E-state index contributed by atoms with van der Waals surface area (Å²) >= 11 is 0.